The lowest BCUT2D eigenvalue weighted by Crippen LogP contribution is -2.30. The average Bonchev–Trinajstić information content (AvgIpc) is 2.66. The van der Waals surface area contributed by atoms with E-state index in [4.69, 9.17) is 10.00 Å². The first-order chi connectivity index (χ1) is 14.0. The molecule has 156 valence electrons. The van der Waals surface area contributed by atoms with Gasteiger partial charge in [0.15, 0.2) is 0 Å². The summed E-state index contributed by atoms with van der Waals surface area (Å²) in [7, 11) is 0. The zero-order valence-corrected chi connectivity index (χ0v) is 15.9. The van der Waals surface area contributed by atoms with Crippen molar-refractivity contribution < 1.29 is 27.6 Å². The van der Waals surface area contributed by atoms with Crippen molar-refractivity contribution in [2.24, 2.45) is 0 Å². The molecule has 2 aromatic carbocycles. The Kier molecular flexibility index (Phi) is 6.79. The minimum absolute atomic E-state index is 0.115. The molecule has 0 spiro atoms. The van der Waals surface area contributed by atoms with Gasteiger partial charge in [0.05, 0.1) is 10.5 Å². The molecule has 7 nitrogen and oxygen atoms in total. The second kappa shape index (κ2) is 9.09. The number of hydrogen-bond acceptors (Lipinski definition) is 5. The zero-order chi connectivity index (χ0) is 22.5. The quantitative estimate of drug-likeness (QED) is 0.312. The summed E-state index contributed by atoms with van der Waals surface area (Å²) in [6, 6.07) is 9.41. The van der Waals surface area contributed by atoms with Crippen LogP contribution >= 0.6 is 0 Å². The van der Waals surface area contributed by atoms with E-state index in [1.165, 1.54) is 30.3 Å². The summed E-state index contributed by atoms with van der Waals surface area (Å²) in [6.45, 7) is 3.50. The molecule has 0 saturated heterocycles. The van der Waals surface area contributed by atoms with E-state index >= 15 is 0 Å². The van der Waals surface area contributed by atoms with Crippen LogP contribution in [0.25, 0.3) is 6.08 Å². The van der Waals surface area contributed by atoms with Crippen LogP contribution in [0.5, 0.6) is 11.5 Å². The highest BCUT2D eigenvalue weighted by Crippen LogP contribution is 2.37. The number of halogens is 3. The molecule has 0 bridgehead atoms. The molecular formula is C20H16F3N3O4. The smallest absolute Gasteiger partial charge is 0.416 e. The van der Waals surface area contributed by atoms with Crippen molar-refractivity contribution in [3.05, 3.63) is 69.3 Å². The van der Waals surface area contributed by atoms with Crippen molar-refractivity contribution in [1.82, 2.24) is 5.32 Å². The van der Waals surface area contributed by atoms with Gasteiger partial charge in [-0.15, -0.1) is 0 Å². The Labute approximate surface area is 169 Å². The monoisotopic (exact) mass is 419 g/mol. The summed E-state index contributed by atoms with van der Waals surface area (Å²) < 4.78 is 43.7. The summed E-state index contributed by atoms with van der Waals surface area (Å²) in [5, 5.41) is 22.8. The molecule has 0 aliphatic rings. The van der Waals surface area contributed by atoms with Crippen molar-refractivity contribution in [2.75, 3.05) is 0 Å². The van der Waals surface area contributed by atoms with E-state index in [-0.39, 0.29) is 23.1 Å². The molecule has 0 fully saturated rings. The number of nitriles is 1. The number of nitrogens with one attached hydrogen (secondary N) is 1. The number of amides is 1. The van der Waals surface area contributed by atoms with E-state index in [1.54, 1.807) is 19.9 Å². The lowest BCUT2D eigenvalue weighted by atomic mass is 10.1. The van der Waals surface area contributed by atoms with Crippen LogP contribution < -0.4 is 10.1 Å². The molecule has 0 unspecified atom stereocenters. The molecule has 2 aromatic rings. The molecule has 0 aliphatic heterocycles. The van der Waals surface area contributed by atoms with E-state index in [9.17, 15) is 28.1 Å². The van der Waals surface area contributed by atoms with Gasteiger partial charge in [0.2, 0.25) is 5.75 Å². The number of alkyl halides is 3. The van der Waals surface area contributed by atoms with Gasteiger partial charge < -0.3 is 10.1 Å². The predicted molar refractivity (Wildman–Crippen MR) is 101 cm³/mol. The Bertz CT molecular complexity index is 1020. The number of carbonyl (C=O) groups excluding carboxylic acids is 1. The van der Waals surface area contributed by atoms with Crippen molar-refractivity contribution in [2.45, 2.75) is 26.1 Å². The fraction of sp³-hybridized carbons (Fsp3) is 0.200. The van der Waals surface area contributed by atoms with Gasteiger partial charge in [0.1, 0.15) is 17.4 Å². The van der Waals surface area contributed by atoms with Gasteiger partial charge in [-0.3, -0.25) is 14.9 Å². The van der Waals surface area contributed by atoms with E-state index in [1.807, 2.05) is 0 Å². The van der Waals surface area contributed by atoms with Gasteiger partial charge in [-0.05, 0) is 49.8 Å². The molecule has 0 atom stereocenters. The summed E-state index contributed by atoms with van der Waals surface area (Å²) in [4.78, 5) is 22.1. The Hall–Kier alpha value is -3.87. The van der Waals surface area contributed by atoms with Gasteiger partial charge in [-0.2, -0.15) is 18.4 Å². The maximum atomic E-state index is 12.8. The van der Waals surface area contributed by atoms with E-state index in [0.717, 1.165) is 6.07 Å². The van der Waals surface area contributed by atoms with Crippen molar-refractivity contribution >= 4 is 17.7 Å². The van der Waals surface area contributed by atoms with Crippen molar-refractivity contribution in [3.8, 4) is 17.6 Å². The minimum Gasteiger partial charge on any atom is -0.450 e. The number of nitro groups is 1. The molecule has 30 heavy (non-hydrogen) atoms. The van der Waals surface area contributed by atoms with E-state index in [0.29, 0.717) is 17.7 Å². The Morgan fingerprint density at radius 3 is 2.37 bits per heavy atom. The molecule has 0 aliphatic carbocycles. The minimum atomic E-state index is -4.72. The summed E-state index contributed by atoms with van der Waals surface area (Å²) in [5.74, 6) is -0.765. The number of carbonyl (C=O) groups is 1. The van der Waals surface area contributed by atoms with Crippen LogP contribution in [0.15, 0.2) is 48.0 Å². The van der Waals surface area contributed by atoms with Gasteiger partial charge in [-0.1, -0.05) is 12.1 Å². The van der Waals surface area contributed by atoms with Crippen LogP contribution in [-0.4, -0.2) is 16.9 Å². The molecule has 0 radical (unpaired) electrons. The third-order valence-electron chi connectivity index (χ3n) is 3.69. The highest BCUT2D eigenvalue weighted by atomic mass is 19.4. The molecular weight excluding hydrogens is 403 g/mol. The predicted octanol–water partition coefficient (Wildman–Crippen LogP) is 4.84. The normalized spacial score (nSPS) is 11.7. The Morgan fingerprint density at radius 1 is 1.23 bits per heavy atom. The molecule has 2 rings (SSSR count). The fourth-order valence-electron chi connectivity index (χ4n) is 2.34. The molecule has 1 N–H and O–H groups in total. The first-order valence-electron chi connectivity index (χ1n) is 8.57. The number of ether oxygens (including phenoxy) is 1. The second-order valence-corrected chi connectivity index (χ2v) is 6.41. The van der Waals surface area contributed by atoms with Crippen molar-refractivity contribution in [1.29, 1.82) is 5.26 Å². The van der Waals surface area contributed by atoms with Gasteiger partial charge in [-0.25, -0.2) is 0 Å². The zero-order valence-electron chi connectivity index (χ0n) is 15.9. The summed E-state index contributed by atoms with van der Waals surface area (Å²) >= 11 is 0. The number of nitro benzene ring substituents is 1. The highest BCUT2D eigenvalue weighted by molar-refractivity contribution is 6.01. The van der Waals surface area contributed by atoms with Gasteiger partial charge >= 0.3 is 11.9 Å². The number of rotatable bonds is 6. The molecule has 10 heteroatoms. The third-order valence-corrected chi connectivity index (χ3v) is 3.69. The largest absolute Gasteiger partial charge is 0.450 e. The Balaban J connectivity index is 2.26. The standard InChI is InChI=1S/C20H16F3N3O4/c1-12(2)25-19(27)14(11-24)9-13-3-6-16(7-4-13)30-18-8-5-15(20(21,22)23)10-17(18)26(28)29/h3-10,12H,1-2H3,(H,25,27)/b14-9-. The first-order valence-corrected chi connectivity index (χ1v) is 8.57. The lowest BCUT2D eigenvalue weighted by Gasteiger charge is -2.10. The number of benzene rings is 2. The van der Waals surface area contributed by atoms with Gasteiger partial charge in [0, 0.05) is 12.1 Å². The SMILES string of the molecule is CC(C)NC(=O)/C(C#N)=C\c1ccc(Oc2ccc(C(F)(F)F)cc2[N+](=O)[O-])cc1. The van der Waals surface area contributed by atoms with E-state index in [2.05, 4.69) is 5.32 Å². The first kappa shape index (κ1) is 22.4. The maximum Gasteiger partial charge on any atom is 0.416 e. The lowest BCUT2D eigenvalue weighted by molar-refractivity contribution is -0.385. The van der Waals surface area contributed by atoms with E-state index < -0.39 is 28.3 Å². The summed E-state index contributed by atoms with van der Waals surface area (Å²) in [5.41, 5.74) is -1.62. The molecule has 0 heterocycles. The van der Waals surface area contributed by atoms with Crippen LogP contribution in [0.2, 0.25) is 0 Å². The van der Waals surface area contributed by atoms with Crippen LogP contribution in [0.4, 0.5) is 18.9 Å². The molecule has 1 amide bonds. The highest BCUT2D eigenvalue weighted by Gasteiger charge is 2.33. The van der Waals surface area contributed by atoms with Crippen LogP contribution in [0.1, 0.15) is 25.0 Å². The maximum absolute atomic E-state index is 12.8. The second-order valence-electron chi connectivity index (χ2n) is 6.41. The average molecular weight is 419 g/mol. The Morgan fingerprint density at radius 2 is 1.87 bits per heavy atom. The fourth-order valence-corrected chi connectivity index (χ4v) is 2.34. The summed E-state index contributed by atoms with van der Waals surface area (Å²) in [6.07, 6.45) is -3.38. The van der Waals surface area contributed by atoms with Crippen LogP contribution in [0.3, 0.4) is 0 Å². The molecule has 0 saturated carbocycles. The topological polar surface area (TPSA) is 105 Å². The number of nitrogens with zero attached hydrogens (tertiary/aromatic N) is 2. The van der Waals surface area contributed by atoms with Crippen LogP contribution in [-0.2, 0) is 11.0 Å². The molecule has 0 aromatic heterocycles. The third kappa shape index (κ3) is 5.81. The van der Waals surface area contributed by atoms with Gasteiger partial charge in [0.25, 0.3) is 5.91 Å². The van der Waals surface area contributed by atoms with Crippen LogP contribution in [0, 0.1) is 21.4 Å². The van der Waals surface area contributed by atoms with Crippen molar-refractivity contribution in [3.63, 3.8) is 0 Å². The number of hydrogen-bond donors (Lipinski definition) is 1.